The number of nitrogens with one attached hydrogen (secondary N) is 3. The van der Waals surface area contributed by atoms with E-state index in [4.69, 9.17) is 17.2 Å². The second kappa shape index (κ2) is 14.0. The fourth-order valence-corrected chi connectivity index (χ4v) is 2.95. The molecule has 0 fully saturated rings. The first-order valence-corrected chi connectivity index (χ1v) is 10.6. The number of hydrogen-bond acceptors (Lipinski definition) is 7. The zero-order valence-electron chi connectivity index (χ0n) is 19.4. The zero-order valence-corrected chi connectivity index (χ0v) is 19.4. The van der Waals surface area contributed by atoms with Crippen LogP contribution in [0.25, 0.3) is 0 Å². The Bertz CT molecular complexity index is 740. The molecule has 10 N–H and O–H groups in total. The molecule has 0 aromatic heterocycles. The van der Waals surface area contributed by atoms with Crippen LogP contribution in [0.2, 0.25) is 0 Å². The highest BCUT2D eigenvalue weighted by Crippen LogP contribution is 2.08. The minimum Gasteiger partial charge on any atom is -0.480 e. The lowest BCUT2D eigenvalue weighted by Crippen LogP contribution is -2.58. The van der Waals surface area contributed by atoms with Crippen LogP contribution in [0.5, 0.6) is 0 Å². The van der Waals surface area contributed by atoms with Gasteiger partial charge in [0.2, 0.25) is 29.5 Å². The van der Waals surface area contributed by atoms with Gasteiger partial charge in [0.05, 0.1) is 18.9 Å². The molecule has 0 aromatic rings. The van der Waals surface area contributed by atoms with Gasteiger partial charge in [0, 0.05) is 0 Å². The Labute approximate surface area is 192 Å². The molecule has 0 saturated heterocycles. The monoisotopic (exact) mass is 472 g/mol. The summed E-state index contributed by atoms with van der Waals surface area (Å²) in [6.07, 6.45) is -0.741. The molecule has 0 radical (unpaired) electrons. The summed E-state index contributed by atoms with van der Waals surface area (Å²) < 4.78 is 0. The van der Waals surface area contributed by atoms with Crippen LogP contribution in [0, 0.1) is 11.8 Å². The molecule has 188 valence electrons. The largest absolute Gasteiger partial charge is 0.480 e. The standard InChI is InChI=1S/C20H36N6O7/c1-9(2)5-11(21)17(29)24-13(7-15(22)27)19(31)25-12(6-10(3)4)18(30)26-14(20(32)33)8-16(23)28/h9-14H,5-8,21H2,1-4H3,(H2,22,27)(H2,23,28)(H,24,29)(H,25,31)(H,26,30)(H,32,33). The van der Waals surface area contributed by atoms with E-state index in [2.05, 4.69) is 16.0 Å². The summed E-state index contributed by atoms with van der Waals surface area (Å²) in [4.78, 5) is 71.6. The second-order valence-corrected chi connectivity index (χ2v) is 8.73. The van der Waals surface area contributed by atoms with Gasteiger partial charge in [0.25, 0.3) is 0 Å². The summed E-state index contributed by atoms with van der Waals surface area (Å²) in [5, 5.41) is 16.1. The number of primary amides is 2. The third-order valence-electron chi connectivity index (χ3n) is 4.46. The Morgan fingerprint density at radius 2 is 1.06 bits per heavy atom. The van der Waals surface area contributed by atoms with E-state index in [1.54, 1.807) is 13.8 Å². The van der Waals surface area contributed by atoms with Crippen LogP contribution in [-0.2, 0) is 28.8 Å². The van der Waals surface area contributed by atoms with Gasteiger partial charge in [0.15, 0.2) is 0 Å². The van der Waals surface area contributed by atoms with Gasteiger partial charge in [-0.3, -0.25) is 24.0 Å². The number of aliphatic carboxylic acids is 1. The number of amides is 5. The van der Waals surface area contributed by atoms with E-state index >= 15 is 0 Å². The summed E-state index contributed by atoms with van der Waals surface area (Å²) in [6, 6.07) is -5.12. The van der Waals surface area contributed by atoms with E-state index < -0.39 is 72.5 Å². The number of carbonyl (C=O) groups is 6. The lowest BCUT2D eigenvalue weighted by Gasteiger charge is -2.25. The molecule has 0 heterocycles. The molecular weight excluding hydrogens is 436 g/mol. The molecule has 0 bridgehead atoms. The minimum atomic E-state index is -1.59. The van der Waals surface area contributed by atoms with Crippen molar-refractivity contribution in [1.82, 2.24) is 16.0 Å². The van der Waals surface area contributed by atoms with E-state index in [1.807, 2.05) is 13.8 Å². The Morgan fingerprint density at radius 3 is 1.48 bits per heavy atom. The maximum Gasteiger partial charge on any atom is 0.326 e. The van der Waals surface area contributed by atoms with Crippen molar-refractivity contribution >= 4 is 35.5 Å². The lowest BCUT2D eigenvalue weighted by molar-refractivity contribution is -0.144. The number of nitrogens with two attached hydrogens (primary N) is 3. The van der Waals surface area contributed by atoms with Gasteiger partial charge in [-0.25, -0.2) is 4.79 Å². The highest BCUT2D eigenvalue weighted by atomic mass is 16.4. The third-order valence-corrected chi connectivity index (χ3v) is 4.46. The molecule has 0 aliphatic carbocycles. The van der Waals surface area contributed by atoms with E-state index in [9.17, 15) is 33.9 Å². The highest BCUT2D eigenvalue weighted by molar-refractivity contribution is 5.96. The van der Waals surface area contributed by atoms with Crippen molar-refractivity contribution in [3.63, 3.8) is 0 Å². The van der Waals surface area contributed by atoms with Crippen LogP contribution in [0.3, 0.4) is 0 Å². The summed E-state index contributed by atoms with van der Waals surface area (Å²) >= 11 is 0. The van der Waals surface area contributed by atoms with E-state index in [0.717, 1.165) is 0 Å². The molecule has 0 spiro atoms. The molecule has 0 aromatic carbocycles. The summed E-state index contributed by atoms with van der Waals surface area (Å²) in [7, 11) is 0. The van der Waals surface area contributed by atoms with Crippen molar-refractivity contribution in [3.05, 3.63) is 0 Å². The highest BCUT2D eigenvalue weighted by Gasteiger charge is 2.32. The van der Waals surface area contributed by atoms with Gasteiger partial charge >= 0.3 is 5.97 Å². The fraction of sp³-hybridized carbons (Fsp3) is 0.700. The average Bonchev–Trinajstić information content (AvgIpc) is 2.64. The Kier molecular flexibility index (Phi) is 12.7. The number of carboxylic acids is 1. The number of carboxylic acid groups (broad SMARTS) is 1. The van der Waals surface area contributed by atoms with Gasteiger partial charge in [-0.1, -0.05) is 27.7 Å². The molecule has 0 aliphatic rings. The first-order chi connectivity index (χ1) is 15.1. The van der Waals surface area contributed by atoms with Crippen LogP contribution < -0.4 is 33.2 Å². The molecule has 4 atom stereocenters. The normalized spacial score (nSPS) is 14.6. The van der Waals surface area contributed by atoms with Crippen LogP contribution in [0.4, 0.5) is 0 Å². The first-order valence-electron chi connectivity index (χ1n) is 10.6. The van der Waals surface area contributed by atoms with Crippen molar-refractivity contribution in [2.75, 3.05) is 0 Å². The molecule has 13 heteroatoms. The molecule has 5 amide bonds. The van der Waals surface area contributed by atoms with Crippen molar-refractivity contribution in [2.24, 2.45) is 29.0 Å². The van der Waals surface area contributed by atoms with Gasteiger partial charge < -0.3 is 38.3 Å². The SMILES string of the molecule is CC(C)CC(N)C(=O)NC(CC(N)=O)C(=O)NC(CC(C)C)C(=O)NC(CC(N)=O)C(=O)O. The van der Waals surface area contributed by atoms with Crippen LogP contribution >= 0.6 is 0 Å². The molecule has 0 saturated carbocycles. The quantitative estimate of drug-likeness (QED) is 0.136. The van der Waals surface area contributed by atoms with Crippen molar-refractivity contribution < 1.29 is 33.9 Å². The molecule has 4 unspecified atom stereocenters. The second-order valence-electron chi connectivity index (χ2n) is 8.73. The summed E-state index contributed by atoms with van der Waals surface area (Å²) in [5.41, 5.74) is 16.0. The van der Waals surface area contributed by atoms with Crippen LogP contribution in [0.15, 0.2) is 0 Å². The lowest BCUT2D eigenvalue weighted by atomic mass is 10.0. The predicted octanol–water partition coefficient (Wildman–Crippen LogP) is -2.30. The summed E-state index contributed by atoms with van der Waals surface area (Å²) in [6.45, 7) is 7.24. The molecule has 33 heavy (non-hydrogen) atoms. The number of hydrogen-bond donors (Lipinski definition) is 7. The van der Waals surface area contributed by atoms with E-state index in [-0.39, 0.29) is 18.3 Å². The molecule has 13 nitrogen and oxygen atoms in total. The minimum absolute atomic E-state index is 0.102. The Balaban J connectivity index is 5.54. The molecule has 0 rings (SSSR count). The summed E-state index contributed by atoms with van der Waals surface area (Å²) in [5.74, 6) is -5.69. The Morgan fingerprint density at radius 1 is 0.667 bits per heavy atom. The maximum atomic E-state index is 12.8. The number of rotatable bonds is 15. The van der Waals surface area contributed by atoms with Crippen molar-refractivity contribution in [2.45, 2.75) is 77.5 Å². The van der Waals surface area contributed by atoms with Crippen LogP contribution in [0.1, 0.15) is 53.4 Å². The Hall–Kier alpha value is -3.22. The molecular formula is C20H36N6O7. The van der Waals surface area contributed by atoms with E-state index in [0.29, 0.717) is 6.42 Å². The van der Waals surface area contributed by atoms with Gasteiger partial charge in [-0.05, 0) is 24.7 Å². The predicted molar refractivity (Wildman–Crippen MR) is 118 cm³/mol. The fourth-order valence-electron chi connectivity index (χ4n) is 2.95. The van der Waals surface area contributed by atoms with Gasteiger partial charge in [-0.2, -0.15) is 0 Å². The average molecular weight is 473 g/mol. The number of carbonyl (C=O) groups excluding carboxylic acids is 5. The smallest absolute Gasteiger partial charge is 0.326 e. The molecule has 0 aliphatic heterocycles. The van der Waals surface area contributed by atoms with Gasteiger partial charge in [0.1, 0.15) is 18.1 Å². The zero-order chi connectivity index (χ0) is 25.9. The van der Waals surface area contributed by atoms with Gasteiger partial charge in [-0.15, -0.1) is 0 Å². The maximum absolute atomic E-state index is 12.8. The third kappa shape index (κ3) is 12.4. The van der Waals surface area contributed by atoms with Crippen molar-refractivity contribution in [3.8, 4) is 0 Å². The van der Waals surface area contributed by atoms with Crippen LogP contribution in [-0.4, -0.2) is 64.8 Å². The first kappa shape index (κ1) is 29.8. The van der Waals surface area contributed by atoms with Crippen molar-refractivity contribution in [1.29, 1.82) is 0 Å². The topological polar surface area (TPSA) is 237 Å². The van der Waals surface area contributed by atoms with E-state index in [1.165, 1.54) is 0 Å².